The topological polar surface area (TPSA) is 74.6 Å². The van der Waals surface area contributed by atoms with Gasteiger partial charge >= 0.3 is 0 Å². The van der Waals surface area contributed by atoms with Crippen LogP contribution in [-0.4, -0.2) is 39.5 Å². The Bertz CT molecular complexity index is 107. The summed E-state index contributed by atoms with van der Waals surface area (Å²) >= 11 is 0. The molecule has 0 aliphatic rings. The third-order valence-electron chi connectivity index (χ3n) is 0.596. The molecular weight excluding hydrogens is 144 g/mol. The number of rotatable bonds is 2. The number of hydrogen-bond donors (Lipinski definition) is 2. The number of carboxylic acid groups (broad SMARTS) is 2. The van der Waals surface area contributed by atoms with E-state index in [0.717, 1.165) is 9.76 Å². The van der Waals surface area contributed by atoms with E-state index in [9.17, 15) is 9.59 Å². The summed E-state index contributed by atoms with van der Waals surface area (Å²) in [6.07, 6.45) is 0. The van der Waals surface area contributed by atoms with Gasteiger partial charge in [-0.1, -0.05) is 0 Å². The van der Waals surface area contributed by atoms with Crippen molar-refractivity contribution in [1.82, 2.24) is 0 Å². The summed E-state index contributed by atoms with van der Waals surface area (Å²) < 4.78 is 0. The second kappa shape index (κ2) is 2.62. The smallest absolute Gasteiger partial charge is 0.276 e. The zero-order valence-electron chi connectivity index (χ0n) is 4.00. The minimum absolute atomic E-state index is 1.06. The van der Waals surface area contributed by atoms with Crippen molar-refractivity contribution in [2.75, 3.05) is 0 Å². The molecular formula is C2H5O4Si2. The molecule has 0 unspecified atom stereocenters. The monoisotopic (exact) mass is 149 g/mol. The molecule has 0 amide bonds. The largest absolute Gasteiger partial charge is 0.486 e. The van der Waals surface area contributed by atoms with Crippen LogP contribution in [0, 0.1) is 0 Å². The summed E-state index contributed by atoms with van der Waals surface area (Å²) in [5.41, 5.74) is -2.31. The molecule has 0 atom stereocenters. The molecule has 0 aliphatic heterocycles. The average molecular weight is 149 g/mol. The van der Waals surface area contributed by atoms with E-state index in [4.69, 9.17) is 10.2 Å². The van der Waals surface area contributed by atoms with Crippen LogP contribution in [0.15, 0.2) is 0 Å². The first-order chi connectivity index (χ1) is 3.55. The van der Waals surface area contributed by atoms with E-state index in [1.807, 2.05) is 0 Å². The third-order valence-corrected chi connectivity index (χ3v) is 3.88. The lowest BCUT2D eigenvalue weighted by Crippen LogP contribution is -2.33. The summed E-state index contributed by atoms with van der Waals surface area (Å²) in [5.74, 6) is 0. The van der Waals surface area contributed by atoms with Crippen LogP contribution in [0.4, 0.5) is 9.59 Å². The lowest BCUT2D eigenvalue weighted by molar-refractivity contribution is 0.212. The molecule has 0 aromatic heterocycles. The molecule has 0 aliphatic carbocycles. The first-order valence-corrected chi connectivity index (χ1v) is 6.26. The number of hydrogen-bond acceptors (Lipinski definition) is 2. The van der Waals surface area contributed by atoms with Gasteiger partial charge in [0, 0.05) is 9.76 Å². The first-order valence-electron chi connectivity index (χ1n) is 1.84. The molecule has 45 valence electrons. The van der Waals surface area contributed by atoms with E-state index in [1.54, 1.807) is 0 Å². The SMILES string of the molecule is O=C(O)[SiH]([SiH2])C(=O)O. The van der Waals surface area contributed by atoms with Gasteiger partial charge in [0.1, 0.15) is 0 Å². The zero-order valence-corrected chi connectivity index (χ0v) is 6.56. The Morgan fingerprint density at radius 3 is 1.50 bits per heavy atom. The highest BCUT2D eigenvalue weighted by Gasteiger charge is 2.21. The second-order valence-electron chi connectivity index (χ2n) is 1.23. The van der Waals surface area contributed by atoms with Gasteiger partial charge in [-0.2, -0.15) is 0 Å². The molecule has 0 saturated carbocycles. The van der Waals surface area contributed by atoms with E-state index in [2.05, 4.69) is 0 Å². The molecule has 0 bridgehead atoms. The maximum absolute atomic E-state index is 9.83. The molecule has 0 aromatic carbocycles. The summed E-state index contributed by atoms with van der Waals surface area (Å²) in [6, 6.07) is 0. The number of carbonyl (C=O) groups is 2. The molecule has 0 heterocycles. The minimum Gasteiger partial charge on any atom is -0.486 e. The van der Waals surface area contributed by atoms with Crippen molar-refractivity contribution in [1.29, 1.82) is 0 Å². The molecule has 0 spiro atoms. The average Bonchev–Trinajstić information content (AvgIpc) is 1.64. The molecule has 4 nitrogen and oxygen atoms in total. The van der Waals surface area contributed by atoms with E-state index in [-0.39, 0.29) is 0 Å². The minimum atomic E-state index is -2.49. The fraction of sp³-hybridized carbons (Fsp3) is 0. The van der Waals surface area contributed by atoms with Gasteiger partial charge in [0.2, 0.25) is 0 Å². The summed E-state index contributed by atoms with van der Waals surface area (Å²) in [4.78, 5) is 19.7. The summed E-state index contributed by atoms with van der Waals surface area (Å²) in [5, 5.41) is 16.1. The maximum atomic E-state index is 9.83. The summed E-state index contributed by atoms with van der Waals surface area (Å²) in [6.45, 7) is 0. The zero-order chi connectivity index (χ0) is 6.73. The molecule has 0 rings (SSSR count). The van der Waals surface area contributed by atoms with Crippen LogP contribution in [0.3, 0.4) is 0 Å². The Balaban J connectivity index is 3.83. The van der Waals surface area contributed by atoms with Crippen molar-refractivity contribution in [2.24, 2.45) is 0 Å². The highest BCUT2D eigenvalue weighted by atomic mass is 29.1. The van der Waals surface area contributed by atoms with E-state index < -0.39 is 19.5 Å². The van der Waals surface area contributed by atoms with Crippen LogP contribution < -0.4 is 0 Å². The van der Waals surface area contributed by atoms with E-state index in [1.165, 1.54) is 0 Å². The predicted molar refractivity (Wildman–Crippen MR) is 31.7 cm³/mol. The second-order valence-corrected chi connectivity index (χ2v) is 5.77. The van der Waals surface area contributed by atoms with Crippen LogP contribution >= 0.6 is 0 Å². The Hall–Kier alpha value is -0.626. The van der Waals surface area contributed by atoms with Gasteiger partial charge < -0.3 is 10.2 Å². The van der Waals surface area contributed by atoms with Crippen LogP contribution in [0.2, 0.25) is 0 Å². The fourth-order valence-electron chi connectivity index (χ4n) is 0.106. The lowest BCUT2D eigenvalue weighted by Gasteiger charge is -1.92. The lowest BCUT2D eigenvalue weighted by atomic mass is 11.6. The molecule has 0 aromatic rings. The molecule has 8 heavy (non-hydrogen) atoms. The van der Waals surface area contributed by atoms with Gasteiger partial charge in [-0.3, -0.25) is 9.59 Å². The van der Waals surface area contributed by atoms with Gasteiger partial charge in [0.25, 0.3) is 19.5 Å². The summed E-state index contributed by atoms with van der Waals surface area (Å²) in [7, 11) is -1.42. The van der Waals surface area contributed by atoms with Gasteiger partial charge in [-0.15, -0.1) is 0 Å². The van der Waals surface area contributed by atoms with Crippen molar-refractivity contribution in [2.45, 2.75) is 0 Å². The quantitative estimate of drug-likeness (QED) is 0.487. The van der Waals surface area contributed by atoms with Gasteiger partial charge in [0.05, 0.1) is 0 Å². The van der Waals surface area contributed by atoms with Crippen molar-refractivity contribution in [3.63, 3.8) is 0 Å². The van der Waals surface area contributed by atoms with Crippen molar-refractivity contribution < 1.29 is 19.8 Å². The Morgan fingerprint density at radius 1 is 1.25 bits per heavy atom. The normalized spacial score (nSPS) is 9.25. The van der Waals surface area contributed by atoms with Crippen LogP contribution in [0.25, 0.3) is 0 Å². The highest BCUT2D eigenvalue weighted by molar-refractivity contribution is 7.34. The van der Waals surface area contributed by atoms with Crippen LogP contribution in [0.1, 0.15) is 0 Å². The molecule has 2 N–H and O–H groups in total. The van der Waals surface area contributed by atoms with Crippen LogP contribution in [-0.2, 0) is 0 Å². The predicted octanol–water partition coefficient (Wildman–Crippen LogP) is -1.14. The molecule has 0 saturated heterocycles. The van der Waals surface area contributed by atoms with Crippen molar-refractivity contribution >= 4 is 29.3 Å². The fourth-order valence-corrected chi connectivity index (χ4v) is 0.317. The highest BCUT2D eigenvalue weighted by Crippen LogP contribution is 1.78. The van der Waals surface area contributed by atoms with E-state index >= 15 is 0 Å². The Kier molecular flexibility index (Phi) is 2.42. The maximum Gasteiger partial charge on any atom is 0.276 e. The van der Waals surface area contributed by atoms with Crippen molar-refractivity contribution in [3.8, 4) is 0 Å². The van der Waals surface area contributed by atoms with Gasteiger partial charge in [-0.25, -0.2) is 0 Å². The van der Waals surface area contributed by atoms with Gasteiger partial charge in [0.15, 0.2) is 0 Å². The Morgan fingerprint density at radius 2 is 1.50 bits per heavy atom. The Labute approximate surface area is 50.0 Å². The first kappa shape index (κ1) is 7.37. The molecule has 0 fully saturated rings. The van der Waals surface area contributed by atoms with Crippen molar-refractivity contribution in [3.05, 3.63) is 0 Å². The molecule has 6 heteroatoms. The molecule has 1 radical (unpaired) electrons. The van der Waals surface area contributed by atoms with Crippen LogP contribution in [0.5, 0.6) is 0 Å². The van der Waals surface area contributed by atoms with E-state index in [0.29, 0.717) is 0 Å². The van der Waals surface area contributed by atoms with Gasteiger partial charge in [-0.05, 0) is 0 Å². The third kappa shape index (κ3) is 1.89. The standard InChI is InChI=1S/C2H5O4Si2/c3-1(4)8(7)2(5)6/h8H,7H2,(H,3,4)(H,5,6).